The second-order valence-electron chi connectivity index (χ2n) is 11.8. The predicted octanol–water partition coefficient (Wildman–Crippen LogP) is 9.20. The van der Waals surface area contributed by atoms with Gasteiger partial charge < -0.3 is 5.11 Å². The summed E-state index contributed by atoms with van der Waals surface area (Å²) < 4.78 is 0. The van der Waals surface area contributed by atoms with Crippen LogP contribution >= 0.6 is 0 Å². The molecule has 0 aliphatic heterocycles. The van der Waals surface area contributed by atoms with Crippen LogP contribution in [0.25, 0.3) is 0 Å². The first-order valence-electron chi connectivity index (χ1n) is 12.7. The van der Waals surface area contributed by atoms with Gasteiger partial charge in [0.25, 0.3) is 0 Å². The molecule has 0 aromatic carbocycles. The first-order chi connectivity index (χ1) is 14.3. The lowest BCUT2D eigenvalue weighted by molar-refractivity contribution is -0.0942. The van der Waals surface area contributed by atoms with Crippen molar-refractivity contribution in [3.63, 3.8) is 0 Å². The summed E-state index contributed by atoms with van der Waals surface area (Å²) in [6.45, 7) is 22.1. The lowest BCUT2D eigenvalue weighted by Crippen LogP contribution is -2.47. The molecule has 1 heteroatoms. The summed E-state index contributed by atoms with van der Waals surface area (Å²) in [4.78, 5) is 0. The molecule has 0 radical (unpaired) electrons. The van der Waals surface area contributed by atoms with Gasteiger partial charge in [-0.25, -0.2) is 0 Å². The van der Waals surface area contributed by atoms with Crippen LogP contribution in [0.15, 0.2) is 48.1 Å². The molecule has 0 amide bonds. The van der Waals surface area contributed by atoms with Crippen molar-refractivity contribution in [1.82, 2.24) is 0 Å². The first kappa shape index (κ1) is 28.0. The smallest absolute Gasteiger partial charge is 0.0652 e. The third-order valence-electron chi connectivity index (χ3n) is 7.65. The van der Waals surface area contributed by atoms with E-state index in [0.29, 0.717) is 11.8 Å². The highest BCUT2D eigenvalue weighted by molar-refractivity contribution is 5.09. The van der Waals surface area contributed by atoms with Crippen LogP contribution in [-0.2, 0) is 0 Å². The number of allylic oxidation sites excluding steroid dienone is 7. The van der Waals surface area contributed by atoms with Gasteiger partial charge in [-0.2, -0.15) is 0 Å². The Balaban J connectivity index is 2.59. The SMILES string of the molecule is C=C[C@@](C)(/C=C/[C@H](C)CC/C=C(\C)CCC=C(C)C)CC[C@H]1C(C)(C)CCC[C@]1(C)O. The van der Waals surface area contributed by atoms with E-state index < -0.39 is 5.60 Å². The zero-order valence-electron chi connectivity index (χ0n) is 22.1. The molecule has 0 saturated heterocycles. The Kier molecular flexibility index (Phi) is 11.0. The van der Waals surface area contributed by atoms with Crippen molar-refractivity contribution in [2.45, 2.75) is 119 Å². The molecular formula is C30H52O. The molecule has 1 rings (SSSR count). The average molecular weight is 429 g/mol. The molecule has 0 heterocycles. The molecule has 0 unspecified atom stereocenters. The molecule has 0 aromatic rings. The molecule has 1 fully saturated rings. The lowest BCUT2D eigenvalue weighted by Gasteiger charge is -2.49. The van der Waals surface area contributed by atoms with E-state index in [0.717, 1.165) is 38.5 Å². The number of hydrogen-bond donors (Lipinski definition) is 1. The van der Waals surface area contributed by atoms with Crippen LogP contribution in [0.3, 0.4) is 0 Å². The molecule has 1 aliphatic carbocycles. The molecule has 31 heavy (non-hydrogen) atoms. The Morgan fingerprint density at radius 1 is 1.13 bits per heavy atom. The van der Waals surface area contributed by atoms with Gasteiger partial charge in [-0.05, 0) is 96.3 Å². The lowest BCUT2D eigenvalue weighted by atomic mass is 9.59. The van der Waals surface area contributed by atoms with Crippen LogP contribution in [0.2, 0.25) is 0 Å². The highest BCUT2D eigenvalue weighted by Crippen LogP contribution is 2.49. The maximum Gasteiger partial charge on any atom is 0.0652 e. The minimum Gasteiger partial charge on any atom is -0.390 e. The third kappa shape index (κ3) is 9.94. The molecule has 178 valence electrons. The highest BCUT2D eigenvalue weighted by atomic mass is 16.3. The van der Waals surface area contributed by atoms with E-state index in [-0.39, 0.29) is 10.8 Å². The second kappa shape index (κ2) is 12.2. The fourth-order valence-corrected chi connectivity index (χ4v) is 5.27. The summed E-state index contributed by atoms with van der Waals surface area (Å²) in [6, 6.07) is 0. The average Bonchev–Trinajstić information content (AvgIpc) is 2.64. The van der Waals surface area contributed by atoms with Gasteiger partial charge in [0.05, 0.1) is 5.60 Å². The summed E-state index contributed by atoms with van der Waals surface area (Å²) in [7, 11) is 0. The van der Waals surface area contributed by atoms with Crippen molar-refractivity contribution in [3.05, 3.63) is 48.1 Å². The molecule has 1 nitrogen and oxygen atoms in total. The molecule has 0 bridgehead atoms. The van der Waals surface area contributed by atoms with E-state index in [2.05, 4.69) is 92.3 Å². The van der Waals surface area contributed by atoms with E-state index in [9.17, 15) is 5.11 Å². The van der Waals surface area contributed by atoms with Crippen molar-refractivity contribution in [3.8, 4) is 0 Å². The fraction of sp³-hybridized carbons (Fsp3) is 0.733. The van der Waals surface area contributed by atoms with Gasteiger partial charge in [0.2, 0.25) is 0 Å². The van der Waals surface area contributed by atoms with Crippen molar-refractivity contribution >= 4 is 0 Å². The molecule has 1 aliphatic rings. The molecule has 1 N–H and O–H groups in total. The van der Waals surface area contributed by atoms with Crippen molar-refractivity contribution < 1.29 is 5.11 Å². The van der Waals surface area contributed by atoms with Crippen LogP contribution < -0.4 is 0 Å². The largest absolute Gasteiger partial charge is 0.390 e. The van der Waals surface area contributed by atoms with Gasteiger partial charge in [-0.1, -0.05) is 75.6 Å². The first-order valence-corrected chi connectivity index (χ1v) is 12.7. The maximum absolute atomic E-state index is 11.0. The van der Waals surface area contributed by atoms with Gasteiger partial charge in [0, 0.05) is 5.41 Å². The molecule has 4 atom stereocenters. The Morgan fingerprint density at radius 3 is 2.39 bits per heavy atom. The second-order valence-corrected chi connectivity index (χ2v) is 11.8. The summed E-state index contributed by atoms with van der Waals surface area (Å²) >= 11 is 0. The van der Waals surface area contributed by atoms with E-state index in [1.165, 1.54) is 30.4 Å². The molecule has 0 aromatic heterocycles. The topological polar surface area (TPSA) is 20.2 Å². The fourth-order valence-electron chi connectivity index (χ4n) is 5.27. The van der Waals surface area contributed by atoms with E-state index in [4.69, 9.17) is 0 Å². The van der Waals surface area contributed by atoms with Crippen molar-refractivity contribution in [2.24, 2.45) is 22.7 Å². The van der Waals surface area contributed by atoms with Crippen LogP contribution in [0.5, 0.6) is 0 Å². The number of hydrogen-bond acceptors (Lipinski definition) is 1. The van der Waals surface area contributed by atoms with Crippen LogP contribution in [0.4, 0.5) is 0 Å². The van der Waals surface area contributed by atoms with Crippen LogP contribution in [0.1, 0.15) is 113 Å². The summed E-state index contributed by atoms with van der Waals surface area (Å²) in [5.74, 6) is 0.911. The van der Waals surface area contributed by atoms with Gasteiger partial charge in [-0.3, -0.25) is 0 Å². The molecule has 0 spiro atoms. The van der Waals surface area contributed by atoms with Gasteiger partial charge >= 0.3 is 0 Å². The molecule has 1 saturated carbocycles. The highest BCUT2D eigenvalue weighted by Gasteiger charge is 2.45. The Morgan fingerprint density at radius 2 is 1.81 bits per heavy atom. The van der Waals surface area contributed by atoms with E-state index in [1.807, 2.05) is 0 Å². The van der Waals surface area contributed by atoms with Gasteiger partial charge in [0.1, 0.15) is 0 Å². The van der Waals surface area contributed by atoms with Crippen LogP contribution in [-0.4, -0.2) is 10.7 Å². The standard InChI is InChI=1S/C30H52O/c1-10-29(8,23-19-27-28(6,7)20-13-21-30(27,9)31)22-18-26(5)17-12-16-25(4)15-11-14-24(2)3/h10,14,16,18,22,26-27,31H,1,11-13,15,17,19-21,23H2,2-9H3/b22-18+,25-16+/t26-,27+,29+,30+/m1/s1. The monoisotopic (exact) mass is 428 g/mol. The predicted molar refractivity (Wildman–Crippen MR) is 139 cm³/mol. The van der Waals surface area contributed by atoms with Crippen molar-refractivity contribution in [1.29, 1.82) is 0 Å². The third-order valence-corrected chi connectivity index (χ3v) is 7.65. The summed E-state index contributed by atoms with van der Waals surface area (Å²) in [6.07, 6.45) is 21.7. The number of rotatable bonds is 12. The van der Waals surface area contributed by atoms with Gasteiger partial charge in [0.15, 0.2) is 0 Å². The van der Waals surface area contributed by atoms with E-state index >= 15 is 0 Å². The maximum atomic E-state index is 11.0. The minimum atomic E-state index is -0.545. The summed E-state index contributed by atoms with van der Waals surface area (Å²) in [5.41, 5.74) is 2.57. The summed E-state index contributed by atoms with van der Waals surface area (Å²) in [5, 5.41) is 11.0. The Labute approximate surface area is 194 Å². The normalized spacial score (nSPS) is 27.0. The van der Waals surface area contributed by atoms with Crippen LogP contribution in [0, 0.1) is 22.7 Å². The van der Waals surface area contributed by atoms with Crippen molar-refractivity contribution in [2.75, 3.05) is 0 Å². The zero-order chi connectivity index (χ0) is 23.7. The van der Waals surface area contributed by atoms with Gasteiger partial charge in [-0.15, -0.1) is 6.58 Å². The zero-order valence-corrected chi connectivity index (χ0v) is 22.1. The molecular weight excluding hydrogens is 376 g/mol. The Hall–Kier alpha value is -1.08. The number of aliphatic hydroxyl groups is 1. The van der Waals surface area contributed by atoms with E-state index in [1.54, 1.807) is 0 Å². The Bertz CT molecular complexity index is 625. The quantitative estimate of drug-likeness (QED) is 0.307. The minimum absolute atomic E-state index is 0.00598.